The number of hydrogen-bond donors (Lipinski definition) is 1. The molecule has 4 unspecified atom stereocenters. The van der Waals surface area contributed by atoms with Crippen molar-refractivity contribution in [1.29, 1.82) is 0 Å². The highest BCUT2D eigenvalue weighted by atomic mass is 31.2. The zero-order chi connectivity index (χ0) is 40.0. The Labute approximate surface area is 331 Å². The summed E-state index contributed by atoms with van der Waals surface area (Å²) in [5, 5.41) is 0. The van der Waals surface area contributed by atoms with Gasteiger partial charge in [0.25, 0.3) is 0 Å². The molecule has 4 atom stereocenters. The number of nitrogens with zero attached hydrogens (tertiary/aromatic N) is 1. The molecule has 0 heterocycles. The van der Waals surface area contributed by atoms with Gasteiger partial charge in [-0.15, -0.1) is 0 Å². The lowest BCUT2D eigenvalue weighted by Gasteiger charge is -2.24. The molecule has 9 heteroatoms. The Kier molecular flexibility index (Phi) is 40.4. The number of ether oxygens (including phenoxy) is 2. The summed E-state index contributed by atoms with van der Waals surface area (Å²) in [6.45, 7) is 13.2. The van der Waals surface area contributed by atoms with E-state index < -0.39 is 14.7 Å². The van der Waals surface area contributed by atoms with Gasteiger partial charge in [0.15, 0.2) is 6.10 Å². The number of unbranched alkanes of at least 4 members (excludes halogenated alkanes) is 22. The van der Waals surface area contributed by atoms with Gasteiger partial charge in [-0.25, -0.2) is 0 Å². The van der Waals surface area contributed by atoms with Gasteiger partial charge in [-0.1, -0.05) is 196 Å². The van der Waals surface area contributed by atoms with Crippen LogP contribution in [-0.4, -0.2) is 74.9 Å². The maximum absolute atomic E-state index is 13.0. The largest absolute Gasteiger partial charge is 0.461 e. The molecule has 53 heavy (non-hydrogen) atoms. The predicted molar refractivity (Wildman–Crippen MR) is 226 cm³/mol. The van der Waals surface area contributed by atoms with E-state index in [4.69, 9.17) is 18.5 Å². The van der Waals surface area contributed by atoms with E-state index in [-0.39, 0.29) is 37.0 Å². The quantitative estimate of drug-likeness (QED) is 0.0289. The van der Waals surface area contributed by atoms with Gasteiger partial charge in [0.2, 0.25) is 0 Å². The van der Waals surface area contributed by atoms with Gasteiger partial charge in [0.1, 0.15) is 19.8 Å². The van der Waals surface area contributed by atoms with Crippen LogP contribution in [0.1, 0.15) is 208 Å². The van der Waals surface area contributed by atoms with Crippen molar-refractivity contribution >= 4 is 20.5 Å². The first-order chi connectivity index (χ1) is 25.5. The summed E-state index contributed by atoms with van der Waals surface area (Å²) in [5.74, 6) is -1.08. The van der Waals surface area contributed by atoms with Crippen LogP contribution in [0.4, 0.5) is 0 Å². The number of quaternary nitrogens is 1. The summed E-state index contributed by atoms with van der Waals surface area (Å²) in [6.07, 6.45) is 31.5. The fourth-order valence-corrected chi connectivity index (χ4v) is 6.72. The van der Waals surface area contributed by atoms with E-state index in [1.54, 1.807) is 0 Å². The van der Waals surface area contributed by atoms with Crippen molar-refractivity contribution in [3.05, 3.63) is 0 Å². The third-order valence-electron chi connectivity index (χ3n) is 9.82. The number of rotatable bonds is 38. The zero-order valence-electron chi connectivity index (χ0n) is 36.7. The minimum atomic E-state index is -2.13. The normalized spacial score (nSPS) is 13.8. The fraction of sp³-hybridized carbons (Fsp3) is 0.955. The van der Waals surface area contributed by atoms with Crippen molar-refractivity contribution < 1.29 is 37.5 Å². The highest BCUT2D eigenvalue weighted by Gasteiger charge is 2.25. The van der Waals surface area contributed by atoms with Crippen molar-refractivity contribution in [1.82, 2.24) is 0 Å². The molecule has 1 N–H and O–H groups in total. The number of esters is 2. The monoisotopic (exact) mass is 777 g/mol. The second kappa shape index (κ2) is 39.4. The molecular weight excluding hydrogens is 685 g/mol. The number of hydrogen-bond acceptors (Lipinski definition) is 7. The second-order valence-electron chi connectivity index (χ2n) is 16.2. The maximum Gasteiger partial charge on any atom is 0.330 e. The third-order valence-corrected chi connectivity index (χ3v) is 10.6. The van der Waals surface area contributed by atoms with Crippen molar-refractivity contribution in [3.8, 4) is 0 Å². The Hall–Kier alpha value is -0.790. The van der Waals surface area contributed by atoms with Crippen molar-refractivity contribution in [2.75, 3.05) is 47.5 Å². The van der Waals surface area contributed by atoms with Gasteiger partial charge >= 0.3 is 20.5 Å². The smallest absolute Gasteiger partial charge is 0.330 e. The van der Waals surface area contributed by atoms with Gasteiger partial charge in [-0.05, 0) is 12.8 Å². The lowest BCUT2D eigenvalue weighted by Crippen LogP contribution is -2.37. The van der Waals surface area contributed by atoms with Crippen LogP contribution in [0, 0.1) is 11.8 Å². The average Bonchev–Trinajstić information content (AvgIpc) is 3.13. The molecule has 0 aromatic carbocycles. The van der Waals surface area contributed by atoms with Crippen LogP contribution >= 0.6 is 8.60 Å². The van der Waals surface area contributed by atoms with E-state index in [0.717, 1.165) is 38.5 Å². The van der Waals surface area contributed by atoms with E-state index >= 15 is 0 Å². The van der Waals surface area contributed by atoms with Crippen LogP contribution in [-0.2, 0) is 28.1 Å². The van der Waals surface area contributed by atoms with E-state index in [2.05, 4.69) is 13.8 Å². The summed E-state index contributed by atoms with van der Waals surface area (Å²) >= 11 is 0. The van der Waals surface area contributed by atoms with Crippen LogP contribution in [0.5, 0.6) is 0 Å². The number of carbonyl (C=O) groups excluding carboxylic acids is 2. The van der Waals surface area contributed by atoms with Crippen LogP contribution in [0.15, 0.2) is 0 Å². The summed E-state index contributed by atoms with van der Waals surface area (Å²) < 4.78 is 23.1. The predicted octanol–water partition coefficient (Wildman–Crippen LogP) is 12.9. The van der Waals surface area contributed by atoms with Gasteiger partial charge in [0, 0.05) is 0 Å². The molecule has 0 bridgehead atoms. The summed E-state index contributed by atoms with van der Waals surface area (Å²) in [6, 6.07) is 0. The third kappa shape index (κ3) is 39.2. The standard InChI is InChI=1S/C42H85NO7P.C2H6/c1-8-10-12-14-16-18-20-22-24-26-28-30-32-38(3)41(44)47-36-40(37-49-51(46)48-35-34-43(5,6)7)50-42(45)39(4)33-31-29-27-25-23-21-19-17-15-13-11-9-2;1-2/h38-40,46H,8-37H2,1-7H3;1-2H3/q+1;. The molecule has 0 spiro atoms. The fourth-order valence-electron chi connectivity index (χ4n) is 6.11. The van der Waals surface area contributed by atoms with Crippen molar-refractivity contribution in [2.24, 2.45) is 11.8 Å². The molecule has 8 nitrogen and oxygen atoms in total. The highest BCUT2D eigenvalue weighted by Crippen LogP contribution is 2.33. The molecule has 0 rings (SSSR count). The molecule has 0 aliphatic carbocycles. The SMILES string of the molecule is CC.CCCCCCCCCCCCCCC(C)C(=O)OCC(COP(O)OCC[N+](C)(C)C)OC(=O)C(C)CCCCCCCCCCCCCC. The summed E-state index contributed by atoms with van der Waals surface area (Å²) in [7, 11) is 4.01. The maximum atomic E-state index is 13.0. The molecule has 0 saturated carbocycles. The number of carbonyl (C=O) groups is 2. The van der Waals surface area contributed by atoms with E-state index in [0.29, 0.717) is 17.6 Å². The molecule has 0 fully saturated rings. The van der Waals surface area contributed by atoms with Crippen molar-refractivity contribution in [3.63, 3.8) is 0 Å². The average molecular weight is 777 g/mol. The molecule has 0 aromatic heterocycles. The molecule has 0 amide bonds. The Morgan fingerprint density at radius 2 is 0.906 bits per heavy atom. The molecule has 0 saturated heterocycles. The van der Waals surface area contributed by atoms with Crippen LogP contribution < -0.4 is 0 Å². The molecular formula is C44H91NO7P+. The van der Waals surface area contributed by atoms with E-state index in [1.165, 1.54) is 128 Å². The van der Waals surface area contributed by atoms with Gasteiger partial charge in [-0.3, -0.25) is 9.59 Å². The first-order valence-corrected chi connectivity index (χ1v) is 23.6. The van der Waals surface area contributed by atoms with Gasteiger partial charge in [-0.2, -0.15) is 0 Å². The molecule has 0 radical (unpaired) electrons. The highest BCUT2D eigenvalue weighted by molar-refractivity contribution is 7.40. The minimum Gasteiger partial charge on any atom is -0.461 e. The second-order valence-corrected chi connectivity index (χ2v) is 17.2. The van der Waals surface area contributed by atoms with Crippen LogP contribution in [0.25, 0.3) is 0 Å². The first kappa shape index (κ1) is 54.3. The Bertz CT molecular complexity index is 794. The van der Waals surface area contributed by atoms with Crippen LogP contribution in [0.2, 0.25) is 0 Å². The minimum absolute atomic E-state index is 0.0932. The Balaban J connectivity index is 0. The molecule has 318 valence electrons. The lowest BCUT2D eigenvalue weighted by atomic mass is 10.0. The molecule has 0 aliphatic rings. The van der Waals surface area contributed by atoms with Crippen molar-refractivity contribution in [2.45, 2.75) is 215 Å². The van der Waals surface area contributed by atoms with Gasteiger partial charge in [0.05, 0.1) is 39.6 Å². The lowest BCUT2D eigenvalue weighted by molar-refractivity contribution is -0.870. The molecule has 0 aromatic rings. The van der Waals surface area contributed by atoms with E-state index in [1.807, 2.05) is 48.8 Å². The summed E-state index contributed by atoms with van der Waals surface area (Å²) in [5.41, 5.74) is 0. The van der Waals surface area contributed by atoms with Gasteiger partial charge < -0.3 is 27.9 Å². The summed E-state index contributed by atoms with van der Waals surface area (Å²) in [4.78, 5) is 36.1. The van der Waals surface area contributed by atoms with E-state index in [9.17, 15) is 14.5 Å². The Morgan fingerprint density at radius 1 is 0.547 bits per heavy atom. The zero-order valence-corrected chi connectivity index (χ0v) is 37.6. The first-order valence-electron chi connectivity index (χ1n) is 22.4. The van der Waals surface area contributed by atoms with Crippen LogP contribution in [0.3, 0.4) is 0 Å². The molecule has 0 aliphatic heterocycles. The Morgan fingerprint density at radius 3 is 1.28 bits per heavy atom. The number of likely N-dealkylation sites (N-methyl/N-ethyl adjacent to an activating group) is 1. The topological polar surface area (TPSA) is 91.3 Å².